The zero-order chi connectivity index (χ0) is 20.1. The van der Waals surface area contributed by atoms with Gasteiger partial charge in [0.15, 0.2) is 0 Å². The highest BCUT2D eigenvalue weighted by atomic mass is 32.2. The maximum atomic E-state index is 12.7. The van der Waals surface area contributed by atoms with Crippen molar-refractivity contribution in [2.75, 3.05) is 0 Å². The van der Waals surface area contributed by atoms with Gasteiger partial charge in [-0.2, -0.15) is 11.3 Å². The largest absolute Gasteiger partial charge is 0.444 e. The number of ether oxygens (including phenoxy) is 1. The Morgan fingerprint density at radius 2 is 2.04 bits per heavy atom. The molecule has 144 valence electrons. The predicted molar refractivity (Wildman–Crippen MR) is 101 cm³/mol. The summed E-state index contributed by atoms with van der Waals surface area (Å²) < 4.78 is 21.4. The van der Waals surface area contributed by atoms with E-state index in [2.05, 4.69) is 14.5 Å². The third-order valence-corrected chi connectivity index (χ3v) is 5.25. The average Bonchev–Trinajstić information content (AvgIpc) is 2.92. The first-order valence-electron chi connectivity index (χ1n) is 7.87. The van der Waals surface area contributed by atoms with Crippen molar-refractivity contribution in [1.29, 1.82) is 0 Å². The number of rotatable bonds is 5. The van der Waals surface area contributed by atoms with E-state index >= 15 is 0 Å². The fraction of sp³-hybridized carbons (Fsp3) is 0.562. The zero-order valence-corrected chi connectivity index (χ0v) is 17.1. The standard InChI is InChI=1S/C16H24N4O4S2/c1-10(2)7-11(19-15(22)24-16(3,4)5)14(21)20-26(17,23)13-9-25-8-12(13)18-6/h8-11H,7H2,1-5H3,(H,19,22)(H2,17,20,21,23)/t11-,26?/m0/s1. The lowest BCUT2D eigenvalue weighted by atomic mass is 10.0. The molecule has 0 saturated heterocycles. The molecular weight excluding hydrogens is 376 g/mol. The van der Waals surface area contributed by atoms with E-state index in [0.29, 0.717) is 0 Å². The quantitative estimate of drug-likeness (QED) is 0.736. The van der Waals surface area contributed by atoms with Crippen LogP contribution >= 0.6 is 11.3 Å². The van der Waals surface area contributed by atoms with Crippen molar-refractivity contribution in [1.82, 2.24) is 5.32 Å². The number of carbonyl (C=O) groups is 2. The van der Waals surface area contributed by atoms with Crippen LogP contribution in [0.2, 0.25) is 0 Å². The molecule has 8 nitrogen and oxygen atoms in total. The Kier molecular flexibility index (Phi) is 7.32. The van der Waals surface area contributed by atoms with Crippen molar-refractivity contribution in [2.24, 2.45) is 15.4 Å². The van der Waals surface area contributed by atoms with Crippen LogP contribution in [0.1, 0.15) is 41.0 Å². The maximum Gasteiger partial charge on any atom is 0.408 e. The van der Waals surface area contributed by atoms with Crippen molar-refractivity contribution >= 4 is 38.9 Å². The highest BCUT2D eigenvalue weighted by Gasteiger charge is 2.27. The Morgan fingerprint density at radius 3 is 2.54 bits per heavy atom. The fourth-order valence-electron chi connectivity index (χ4n) is 1.97. The number of nitrogens with zero attached hydrogens (tertiary/aromatic N) is 2. The summed E-state index contributed by atoms with van der Waals surface area (Å²) in [6.45, 7) is 15.9. The number of carbonyl (C=O) groups excluding carboxylic acids is 2. The summed E-state index contributed by atoms with van der Waals surface area (Å²) in [4.78, 5) is 27.7. The predicted octanol–water partition coefficient (Wildman–Crippen LogP) is 3.47. The number of alkyl carbamates (subject to hydrolysis) is 1. The summed E-state index contributed by atoms with van der Waals surface area (Å²) in [7, 11) is -3.58. The molecule has 0 bridgehead atoms. The summed E-state index contributed by atoms with van der Waals surface area (Å²) in [5, 5.41) is 11.1. The van der Waals surface area contributed by atoms with E-state index in [9.17, 15) is 13.8 Å². The number of nitrogens with two attached hydrogens (primary N) is 1. The Hall–Kier alpha value is -1.96. The number of amides is 2. The molecule has 1 rings (SSSR count). The van der Waals surface area contributed by atoms with Crippen LogP contribution in [0, 0.1) is 12.5 Å². The third kappa shape index (κ3) is 6.74. The molecule has 0 aliphatic heterocycles. The van der Waals surface area contributed by atoms with Gasteiger partial charge in [-0.3, -0.25) is 4.79 Å². The second-order valence-electron chi connectivity index (χ2n) is 7.06. The Balaban J connectivity index is 3.11. The first kappa shape index (κ1) is 22.1. The molecule has 26 heavy (non-hydrogen) atoms. The minimum Gasteiger partial charge on any atom is -0.444 e. The van der Waals surface area contributed by atoms with Crippen LogP contribution in [-0.4, -0.2) is 27.9 Å². The molecule has 0 aromatic carbocycles. The van der Waals surface area contributed by atoms with Crippen molar-refractivity contribution in [3.63, 3.8) is 0 Å². The molecular formula is C16H24N4O4S2. The van der Waals surface area contributed by atoms with E-state index in [-0.39, 0.29) is 22.9 Å². The van der Waals surface area contributed by atoms with Crippen molar-refractivity contribution in [3.8, 4) is 0 Å². The van der Waals surface area contributed by atoms with E-state index in [1.54, 1.807) is 20.8 Å². The molecule has 3 N–H and O–H groups in total. The van der Waals surface area contributed by atoms with Gasteiger partial charge in [0.25, 0.3) is 5.91 Å². The smallest absolute Gasteiger partial charge is 0.408 e. The Bertz CT molecular complexity index is 824. The van der Waals surface area contributed by atoms with Gasteiger partial charge in [0.2, 0.25) is 5.69 Å². The molecule has 2 atom stereocenters. The summed E-state index contributed by atoms with van der Waals surface area (Å²) in [5.41, 5.74) is -0.630. The second-order valence-corrected chi connectivity index (χ2v) is 9.56. The first-order chi connectivity index (χ1) is 11.9. The lowest BCUT2D eigenvalue weighted by Gasteiger charge is -2.23. The number of nitrogens with one attached hydrogen (secondary N) is 1. The summed E-state index contributed by atoms with van der Waals surface area (Å²) in [6, 6.07) is -1.02. The van der Waals surface area contributed by atoms with Gasteiger partial charge >= 0.3 is 6.09 Å². The molecule has 1 unspecified atom stereocenters. The van der Waals surface area contributed by atoms with Crippen molar-refractivity contribution in [2.45, 2.75) is 57.6 Å². The van der Waals surface area contributed by atoms with E-state index in [0.717, 1.165) is 11.3 Å². The van der Waals surface area contributed by atoms with Gasteiger partial charge < -0.3 is 10.1 Å². The van der Waals surface area contributed by atoms with E-state index in [1.807, 2.05) is 13.8 Å². The molecule has 0 aliphatic carbocycles. The molecule has 0 radical (unpaired) electrons. The topological polar surface area (TPSA) is 115 Å². The monoisotopic (exact) mass is 400 g/mol. The van der Waals surface area contributed by atoms with Crippen molar-refractivity contribution < 1.29 is 18.5 Å². The molecule has 0 spiro atoms. The van der Waals surface area contributed by atoms with Gasteiger partial charge in [-0.05, 0) is 43.9 Å². The average molecular weight is 401 g/mol. The van der Waals surface area contributed by atoms with E-state index < -0.39 is 33.6 Å². The number of hydrogen-bond donors (Lipinski definition) is 2. The van der Waals surface area contributed by atoms with Crippen LogP contribution in [0.15, 0.2) is 20.0 Å². The minimum atomic E-state index is -3.58. The van der Waals surface area contributed by atoms with Gasteiger partial charge in [0.05, 0.1) is 11.5 Å². The SMILES string of the molecule is [C-]#[N+]c1cscc1S(N)(=O)=NC(=O)[C@H](CC(C)C)NC(=O)OC(C)(C)C. The van der Waals surface area contributed by atoms with E-state index in [4.69, 9.17) is 16.4 Å². The summed E-state index contributed by atoms with van der Waals surface area (Å²) in [6.07, 6.45) is -0.497. The molecule has 1 aromatic rings. The molecule has 10 heteroatoms. The molecule has 2 amide bonds. The van der Waals surface area contributed by atoms with Crippen LogP contribution in [-0.2, 0) is 19.4 Å². The number of thiophene rings is 1. The summed E-state index contributed by atoms with van der Waals surface area (Å²) >= 11 is 1.15. The highest BCUT2D eigenvalue weighted by Crippen LogP contribution is 2.28. The minimum absolute atomic E-state index is 0.0198. The van der Waals surface area contributed by atoms with Crippen LogP contribution in [0.25, 0.3) is 4.85 Å². The van der Waals surface area contributed by atoms with Gasteiger partial charge in [0.1, 0.15) is 21.6 Å². The van der Waals surface area contributed by atoms with Crippen LogP contribution < -0.4 is 10.5 Å². The lowest BCUT2D eigenvalue weighted by Crippen LogP contribution is -2.44. The second kappa shape index (κ2) is 8.62. The Morgan fingerprint density at radius 1 is 1.42 bits per heavy atom. The first-order valence-corrected chi connectivity index (χ1v) is 10.4. The normalized spacial score (nSPS) is 14.8. The van der Waals surface area contributed by atoms with E-state index in [1.165, 1.54) is 10.8 Å². The van der Waals surface area contributed by atoms with Gasteiger partial charge in [-0.25, -0.2) is 19.0 Å². The zero-order valence-electron chi connectivity index (χ0n) is 15.4. The number of hydrogen-bond acceptors (Lipinski definition) is 5. The summed E-state index contributed by atoms with van der Waals surface area (Å²) in [5.74, 6) is -0.762. The lowest BCUT2D eigenvalue weighted by molar-refractivity contribution is -0.120. The molecule has 0 fully saturated rings. The maximum absolute atomic E-state index is 12.7. The Labute approximate surface area is 158 Å². The molecule has 1 aromatic heterocycles. The van der Waals surface area contributed by atoms with Gasteiger partial charge in [-0.15, -0.1) is 4.36 Å². The highest BCUT2D eigenvalue weighted by molar-refractivity contribution is 7.92. The fourth-order valence-corrected chi connectivity index (χ4v) is 4.28. The molecule has 0 aliphatic rings. The van der Waals surface area contributed by atoms with Crippen molar-refractivity contribution in [3.05, 3.63) is 22.2 Å². The van der Waals surface area contributed by atoms with Gasteiger partial charge in [0, 0.05) is 0 Å². The van der Waals surface area contributed by atoms with Crippen LogP contribution in [0.3, 0.4) is 0 Å². The van der Waals surface area contributed by atoms with Gasteiger partial charge in [-0.1, -0.05) is 13.8 Å². The molecule has 0 saturated carbocycles. The van der Waals surface area contributed by atoms with Crippen LogP contribution in [0.5, 0.6) is 0 Å². The molecule has 1 heterocycles. The van der Waals surface area contributed by atoms with Crippen LogP contribution in [0.4, 0.5) is 10.5 Å². The third-order valence-electron chi connectivity index (χ3n) is 2.96.